The Morgan fingerprint density at radius 3 is 2.40 bits per heavy atom. The lowest BCUT2D eigenvalue weighted by molar-refractivity contribution is -0.142. The van der Waals surface area contributed by atoms with Crippen molar-refractivity contribution in [1.82, 2.24) is 10.2 Å². The highest BCUT2D eigenvalue weighted by Crippen LogP contribution is 2.20. The number of nitrogens with zero attached hydrogens (tertiary/aromatic N) is 1. The van der Waals surface area contributed by atoms with E-state index in [1.165, 1.54) is 0 Å². The Hall–Kier alpha value is -2.82. The number of carbonyl (C=O) groups excluding carboxylic acids is 2. The number of rotatable bonds is 9. The zero-order valence-corrected chi connectivity index (χ0v) is 19.0. The van der Waals surface area contributed by atoms with Gasteiger partial charge in [0.25, 0.3) is 5.91 Å². The highest BCUT2D eigenvalue weighted by molar-refractivity contribution is 5.88. The molecule has 0 aliphatic rings. The number of nitrogens with one attached hydrogen (secondary N) is 1. The van der Waals surface area contributed by atoms with E-state index in [9.17, 15) is 9.59 Å². The van der Waals surface area contributed by atoms with Crippen LogP contribution in [0.2, 0.25) is 0 Å². The van der Waals surface area contributed by atoms with Crippen molar-refractivity contribution in [3.63, 3.8) is 0 Å². The van der Waals surface area contributed by atoms with Crippen molar-refractivity contribution in [3.05, 3.63) is 64.7 Å². The van der Waals surface area contributed by atoms with Crippen LogP contribution in [0, 0.1) is 20.8 Å². The largest absolute Gasteiger partial charge is 0.483 e. The van der Waals surface area contributed by atoms with Gasteiger partial charge in [-0.2, -0.15) is 0 Å². The Morgan fingerprint density at radius 1 is 1.03 bits per heavy atom. The lowest BCUT2D eigenvalue weighted by Gasteiger charge is -2.30. The number of hydrogen-bond acceptors (Lipinski definition) is 3. The van der Waals surface area contributed by atoms with E-state index < -0.39 is 6.04 Å². The van der Waals surface area contributed by atoms with Crippen LogP contribution in [0.15, 0.2) is 42.5 Å². The maximum absolute atomic E-state index is 13.2. The zero-order chi connectivity index (χ0) is 22.3. The third-order valence-corrected chi connectivity index (χ3v) is 5.47. The fraction of sp³-hybridized carbons (Fsp3) is 0.440. The van der Waals surface area contributed by atoms with Crippen LogP contribution >= 0.6 is 0 Å². The lowest BCUT2D eigenvalue weighted by Crippen LogP contribution is -2.50. The average molecular weight is 411 g/mol. The Balaban J connectivity index is 2.20. The van der Waals surface area contributed by atoms with Crippen LogP contribution in [0.5, 0.6) is 5.75 Å². The molecule has 2 aromatic rings. The van der Waals surface area contributed by atoms with E-state index in [0.717, 1.165) is 28.7 Å². The van der Waals surface area contributed by atoms with Crippen molar-refractivity contribution in [2.75, 3.05) is 6.61 Å². The quantitative estimate of drug-likeness (QED) is 0.670. The van der Waals surface area contributed by atoms with Crippen molar-refractivity contribution < 1.29 is 14.3 Å². The third-order valence-electron chi connectivity index (χ3n) is 5.47. The molecule has 2 rings (SSSR count). The van der Waals surface area contributed by atoms with E-state index in [0.29, 0.717) is 12.3 Å². The van der Waals surface area contributed by atoms with Gasteiger partial charge in [-0.05, 0) is 69.4 Å². The van der Waals surface area contributed by atoms with Gasteiger partial charge in [0.1, 0.15) is 11.8 Å². The van der Waals surface area contributed by atoms with Gasteiger partial charge >= 0.3 is 0 Å². The SMILES string of the molecule is CC[C@H](C)NC(=O)[C@H](C)N(Cc1ccccc1C)C(=O)COc1cc(C)ccc1C. The second-order valence-electron chi connectivity index (χ2n) is 8.00. The molecule has 0 aliphatic heterocycles. The molecule has 30 heavy (non-hydrogen) atoms. The molecule has 0 saturated heterocycles. The molecule has 0 saturated carbocycles. The molecule has 2 amide bonds. The van der Waals surface area contributed by atoms with Crippen LogP contribution in [-0.2, 0) is 16.1 Å². The summed E-state index contributed by atoms with van der Waals surface area (Å²) in [7, 11) is 0. The first-order chi connectivity index (χ1) is 14.2. The fourth-order valence-electron chi connectivity index (χ4n) is 3.10. The second kappa shape index (κ2) is 10.8. The first-order valence-corrected chi connectivity index (χ1v) is 10.6. The molecule has 2 aromatic carbocycles. The highest BCUT2D eigenvalue weighted by atomic mass is 16.5. The van der Waals surface area contributed by atoms with Crippen LogP contribution in [0.1, 0.15) is 49.4 Å². The van der Waals surface area contributed by atoms with E-state index in [4.69, 9.17) is 4.74 Å². The molecule has 1 N–H and O–H groups in total. The Labute approximate surface area is 180 Å². The van der Waals surface area contributed by atoms with Gasteiger partial charge in [0.05, 0.1) is 0 Å². The summed E-state index contributed by atoms with van der Waals surface area (Å²) in [5, 5.41) is 2.98. The molecule has 0 radical (unpaired) electrons. The van der Waals surface area contributed by atoms with Crippen molar-refractivity contribution in [1.29, 1.82) is 0 Å². The van der Waals surface area contributed by atoms with Gasteiger partial charge in [-0.15, -0.1) is 0 Å². The molecule has 0 unspecified atom stereocenters. The predicted molar refractivity (Wildman–Crippen MR) is 120 cm³/mol. The number of benzene rings is 2. The van der Waals surface area contributed by atoms with Gasteiger partial charge in [0, 0.05) is 12.6 Å². The van der Waals surface area contributed by atoms with Gasteiger partial charge in [-0.3, -0.25) is 9.59 Å². The molecule has 0 heterocycles. The molecule has 5 heteroatoms. The topological polar surface area (TPSA) is 58.6 Å². The number of ether oxygens (including phenoxy) is 1. The van der Waals surface area contributed by atoms with Crippen LogP contribution in [0.3, 0.4) is 0 Å². The normalized spacial score (nSPS) is 12.7. The monoisotopic (exact) mass is 410 g/mol. The van der Waals surface area contributed by atoms with Crippen LogP contribution in [-0.4, -0.2) is 35.4 Å². The summed E-state index contributed by atoms with van der Waals surface area (Å²) < 4.78 is 5.84. The smallest absolute Gasteiger partial charge is 0.261 e. The van der Waals surface area contributed by atoms with Crippen molar-refractivity contribution >= 4 is 11.8 Å². The predicted octanol–water partition coefficient (Wildman–Crippen LogP) is 4.32. The molecular formula is C25H34N2O3. The molecule has 5 nitrogen and oxygen atoms in total. The summed E-state index contributed by atoms with van der Waals surface area (Å²) >= 11 is 0. The third kappa shape index (κ3) is 6.34. The first-order valence-electron chi connectivity index (χ1n) is 10.6. The van der Waals surface area contributed by atoms with Gasteiger partial charge in [0.2, 0.25) is 5.91 Å². The summed E-state index contributed by atoms with van der Waals surface area (Å²) in [5.41, 5.74) is 4.14. The van der Waals surface area contributed by atoms with Crippen molar-refractivity contribution in [2.24, 2.45) is 0 Å². The molecule has 0 fully saturated rings. The first kappa shape index (κ1) is 23.5. The van der Waals surface area contributed by atoms with E-state index in [1.54, 1.807) is 11.8 Å². The molecule has 0 spiro atoms. The maximum Gasteiger partial charge on any atom is 0.261 e. The average Bonchev–Trinajstić information content (AvgIpc) is 2.72. The minimum atomic E-state index is -0.603. The van der Waals surface area contributed by atoms with E-state index >= 15 is 0 Å². The van der Waals surface area contributed by atoms with Gasteiger partial charge in [-0.25, -0.2) is 0 Å². The Bertz CT molecular complexity index is 878. The zero-order valence-electron chi connectivity index (χ0n) is 19.0. The minimum Gasteiger partial charge on any atom is -0.483 e. The molecule has 0 aromatic heterocycles. The van der Waals surface area contributed by atoms with Crippen LogP contribution in [0.4, 0.5) is 0 Å². The van der Waals surface area contributed by atoms with Crippen LogP contribution in [0.25, 0.3) is 0 Å². The summed E-state index contributed by atoms with van der Waals surface area (Å²) in [6.07, 6.45) is 0.833. The molecule has 162 valence electrons. The number of hydrogen-bond donors (Lipinski definition) is 1. The second-order valence-corrected chi connectivity index (χ2v) is 8.00. The summed E-state index contributed by atoms with van der Waals surface area (Å²) in [6.45, 7) is 11.9. The number of aryl methyl sites for hydroxylation is 3. The summed E-state index contributed by atoms with van der Waals surface area (Å²) in [6, 6.07) is 13.3. The fourth-order valence-corrected chi connectivity index (χ4v) is 3.10. The molecule has 0 bridgehead atoms. The molecular weight excluding hydrogens is 376 g/mol. The van der Waals surface area contributed by atoms with E-state index in [1.807, 2.05) is 77.1 Å². The highest BCUT2D eigenvalue weighted by Gasteiger charge is 2.27. The van der Waals surface area contributed by atoms with Gasteiger partial charge in [0.15, 0.2) is 6.61 Å². The standard InChI is InChI=1S/C25H34N2O3/c1-7-20(5)26-25(29)21(6)27(15-22-11-9-8-10-18(22)3)24(28)16-30-23-14-17(2)12-13-19(23)4/h8-14,20-21H,7,15-16H2,1-6H3,(H,26,29)/t20-,21-/m0/s1. The summed E-state index contributed by atoms with van der Waals surface area (Å²) in [4.78, 5) is 27.5. The van der Waals surface area contributed by atoms with E-state index in [-0.39, 0.29) is 24.5 Å². The minimum absolute atomic E-state index is 0.0570. The van der Waals surface area contributed by atoms with Gasteiger partial charge < -0.3 is 15.0 Å². The Morgan fingerprint density at radius 2 is 1.73 bits per heavy atom. The van der Waals surface area contributed by atoms with Crippen LogP contribution < -0.4 is 10.1 Å². The molecule has 0 aliphatic carbocycles. The van der Waals surface area contributed by atoms with Crippen molar-refractivity contribution in [3.8, 4) is 5.75 Å². The van der Waals surface area contributed by atoms with E-state index in [2.05, 4.69) is 5.32 Å². The summed E-state index contributed by atoms with van der Waals surface area (Å²) in [5.74, 6) is 0.319. The lowest BCUT2D eigenvalue weighted by atomic mass is 10.1. The number of carbonyl (C=O) groups is 2. The Kier molecular flexibility index (Phi) is 8.46. The maximum atomic E-state index is 13.2. The van der Waals surface area contributed by atoms with Crippen molar-refractivity contribution in [2.45, 2.75) is 66.6 Å². The number of amides is 2. The molecule has 2 atom stereocenters. The van der Waals surface area contributed by atoms with Gasteiger partial charge in [-0.1, -0.05) is 43.3 Å².